The third kappa shape index (κ3) is 3.40. The van der Waals surface area contributed by atoms with Crippen LogP contribution in [0.2, 0.25) is 5.02 Å². The number of hydrogen-bond acceptors (Lipinski definition) is 4. The minimum atomic E-state index is -3.74. The highest BCUT2D eigenvalue weighted by Gasteiger charge is 2.31. The van der Waals surface area contributed by atoms with Crippen LogP contribution in [-0.2, 0) is 19.6 Å². The molecule has 1 heterocycles. The fourth-order valence-corrected chi connectivity index (χ4v) is 4.00. The fourth-order valence-electron chi connectivity index (χ4n) is 2.83. The van der Waals surface area contributed by atoms with Crippen molar-refractivity contribution in [2.24, 2.45) is 0 Å². The predicted octanol–water partition coefficient (Wildman–Crippen LogP) is 2.94. The van der Waals surface area contributed by atoms with E-state index < -0.39 is 21.8 Å². The molecule has 8 heteroatoms. The molecule has 2 aliphatic rings. The van der Waals surface area contributed by atoms with Crippen LogP contribution in [0.5, 0.6) is 0 Å². The Labute approximate surface area is 149 Å². The zero-order valence-corrected chi connectivity index (χ0v) is 14.9. The number of sulfonamides is 1. The van der Waals surface area contributed by atoms with Crippen LogP contribution in [0.3, 0.4) is 0 Å². The second-order valence-electron chi connectivity index (χ2n) is 5.58. The number of carbonyl (C=O) groups excluding carboxylic acids is 1. The summed E-state index contributed by atoms with van der Waals surface area (Å²) < 4.78 is 45.2. The molecule has 1 fully saturated rings. The maximum Gasteiger partial charge on any atom is 0.334 e. The Kier molecular flexibility index (Phi) is 4.81. The average molecular weight is 384 g/mol. The fraction of sp³-hybridized carbons (Fsp3) is 0.235. The van der Waals surface area contributed by atoms with Gasteiger partial charge in [-0.3, -0.25) is 0 Å². The number of allylic oxidation sites excluding steroid dienone is 4. The Balaban J connectivity index is 2.13. The van der Waals surface area contributed by atoms with Crippen molar-refractivity contribution in [3.63, 3.8) is 0 Å². The highest BCUT2D eigenvalue weighted by molar-refractivity contribution is 7.93. The molecule has 3 rings (SSSR count). The van der Waals surface area contributed by atoms with Crippen molar-refractivity contribution in [3.05, 3.63) is 62.8 Å². The van der Waals surface area contributed by atoms with Crippen molar-refractivity contribution in [1.29, 1.82) is 0 Å². The summed E-state index contributed by atoms with van der Waals surface area (Å²) in [4.78, 5) is 12.0. The van der Waals surface area contributed by atoms with E-state index in [1.54, 1.807) is 12.1 Å². The summed E-state index contributed by atoms with van der Waals surface area (Å²) in [6.07, 6.45) is 3.63. The number of benzene rings is 1. The summed E-state index contributed by atoms with van der Waals surface area (Å²) in [5.74, 6) is -1.04. The molecule has 0 bridgehead atoms. The maximum absolute atomic E-state index is 13.4. The highest BCUT2D eigenvalue weighted by atomic mass is 35.5. The number of cyclic esters (lactones) is 1. The van der Waals surface area contributed by atoms with E-state index in [9.17, 15) is 17.6 Å². The second-order valence-corrected chi connectivity index (χ2v) is 7.84. The standard InChI is InChI=1S/C17H15ClFNO4S/c1-20-25(22,23)16-5-3-10(11-2-4-15(19)14(18)9-11)8-13(16)12-6-7-24-17(12)21/h2-5,9,20H,6-8H2,1H3. The van der Waals surface area contributed by atoms with Gasteiger partial charge in [-0.05, 0) is 48.4 Å². The molecule has 0 unspecified atom stereocenters. The van der Waals surface area contributed by atoms with Gasteiger partial charge in [0.25, 0.3) is 0 Å². The molecule has 1 saturated heterocycles. The number of esters is 1. The van der Waals surface area contributed by atoms with Crippen LogP contribution in [0.4, 0.5) is 4.39 Å². The van der Waals surface area contributed by atoms with Crippen LogP contribution in [0.1, 0.15) is 18.4 Å². The Bertz CT molecular complexity index is 947. The molecule has 25 heavy (non-hydrogen) atoms. The monoisotopic (exact) mass is 383 g/mol. The van der Waals surface area contributed by atoms with Gasteiger partial charge in [-0.25, -0.2) is 22.3 Å². The molecule has 132 valence electrons. The molecular weight excluding hydrogens is 369 g/mol. The molecule has 0 spiro atoms. The zero-order valence-electron chi connectivity index (χ0n) is 13.3. The average Bonchev–Trinajstić information content (AvgIpc) is 3.02. The van der Waals surface area contributed by atoms with E-state index in [0.29, 0.717) is 23.1 Å². The van der Waals surface area contributed by atoms with E-state index in [2.05, 4.69) is 4.72 Å². The van der Waals surface area contributed by atoms with E-state index >= 15 is 0 Å². The lowest BCUT2D eigenvalue weighted by atomic mass is 9.90. The molecule has 0 atom stereocenters. The molecule has 1 aliphatic carbocycles. The maximum atomic E-state index is 13.4. The van der Waals surface area contributed by atoms with Gasteiger partial charge >= 0.3 is 5.97 Å². The summed E-state index contributed by atoms with van der Waals surface area (Å²) >= 11 is 5.83. The third-order valence-electron chi connectivity index (χ3n) is 4.15. The Morgan fingerprint density at radius 3 is 2.60 bits per heavy atom. The van der Waals surface area contributed by atoms with Gasteiger partial charge in [-0.2, -0.15) is 0 Å². The van der Waals surface area contributed by atoms with Gasteiger partial charge in [0.2, 0.25) is 10.0 Å². The first-order chi connectivity index (χ1) is 11.8. The second kappa shape index (κ2) is 6.74. The van der Waals surface area contributed by atoms with Crippen molar-refractivity contribution < 1.29 is 22.3 Å². The minimum Gasteiger partial charge on any atom is -0.462 e. The largest absolute Gasteiger partial charge is 0.462 e. The molecule has 0 aromatic heterocycles. The summed E-state index contributed by atoms with van der Waals surface area (Å²) in [5, 5.41) is -0.0227. The van der Waals surface area contributed by atoms with Crippen LogP contribution in [0.15, 0.2) is 46.4 Å². The van der Waals surface area contributed by atoms with Crippen LogP contribution >= 0.6 is 11.6 Å². The molecule has 0 radical (unpaired) electrons. The van der Waals surface area contributed by atoms with Gasteiger partial charge in [0.15, 0.2) is 0 Å². The van der Waals surface area contributed by atoms with Crippen molar-refractivity contribution in [1.82, 2.24) is 4.72 Å². The molecular formula is C17H15ClFNO4S. The lowest BCUT2D eigenvalue weighted by molar-refractivity contribution is -0.135. The van der Waals surface area contributed by atoms with Crippen molar-refractivity contribution in [2.75, 3.05) is 13.7 Å². The van der Waals surface area contributed by atoms with Gasteiger partial charge < -0.3 is 4.74 Å². The Morgan fingerprint density at radius 1 is 1.24 bits per heavy atom. The van der Waals surface area contributed by atoms with Gasteiger partial charge in [0, 0.05) is 12.0 Å². The van der Waals surface area contributed by atoms with Gasteiger partial charge in [0.05, 0.1) is 16.5 Å². The van der Waals surface area contributed by atoms with Crippen LogP contribution in [-0.4, -0.2) is 28.0 Å². The molecule has 0 saturated carbocycles. The van der Waals surface area contributed by atoms with Crippen LogP contribution < -0.4 is 4.72 Å². The van der Waals surface area contributed by atoms with Gasteiger partial charge in [-0.15, -0.1) is 0 Å². The highest BCUT2D eigenvalue weighted by Crippen LogP contribution is 2.38. The van der Waals surface area contributed by atoms with Crippen LogP contribution in [0.25, 0.3) is 5.57 Å². The smallest absolute Gasteiger partial charge is 0.334 e. The first kappa shape index (κ1) is 17.8. The van der Waals surface area contributed by atoms with E-state index in [0.717, 1.165) is 5.57 Å². The van der Waals surface area contributed by atoms with Gasteiger partial charge in [0.1, 0.15) is 5.82 Å². The summed E-state index contributed by atoms with van der Waals surface area (Å²) in [5.41, 5.74) is 2.14. The molecule has 1 aromatic carbocycles. The predicted molar refractivity (Wildman–Crippen MR) is 92.7 cm³/mol. The normalized spacial score (nSPS) is 21.0. The number of carbonyl (C=O) groups is 1. The third-order valence-corrected chi connectivity index (χ3v) is 5.93. The van der Waals surface area contributed by atoms with Crippen molar-refractivity contribution in [2.45, 2.75) is 12.8 Å². The van der Waals surface area contributed by atoms with E-state index in [1.807, 2.05) is 0 Å². The van der Waals surface area contributed by atoms with E-state index in [1.165, 1.54) is 25.3 Å². The zero-order chi connectivity index (χ0) is 18.2. The molecule has 1 aliphatic heterocycles. The first-order valence-corrected chi connectivity index (χ1v) is 9.39. The van der Waals surface area contributed by atoms with Crippen molar-refractivity contribution in [3.8, 4) is 0 Å². The Hall–Kier alpha value is -1.96. The topological polar surface area (TPSA) is 72.5 Å². The quantitative estimate of drug-likeness (QED) is 0.643. The first-order valence-electron chi connectivity index (χ1n) is 7.53. The summed E-state index contributed by atoms with van der Waals surface area (Å²) in [7, 11) is -2.43. The molecule has 1 aromatic rings. The number of halogens is 2. The lowest BCUT2D eigenvalue weighted by Gasteiger charge is -2.20. The molecule has 0 amide bonds. The summed E-state index contributed by atoms with van der Waals surface area (Å²) in [6.45, 7) is 0.228. The summed E-state index contributed by atoms with van der Waals surface area (Å²) in [6, 6.07) is 4.29. The number of nitrogens with one attached hydrogen (secondary N) is 1. The number of rotatable bonds is 3. The van der Waals surface area contributed by atoms with E-state index in [4.69, 9.17) is 16.3 Å². The Morgan fingerprint density at radius 2 is 2.00 bits per heavy atom. The van der Waals surface area contributed by atoms with Crippen molar-refractivity contribution >= 4 is 33.2 Å². The number of ether oxygens (including phenoxy) is 1. The molecule has 1 N–H and O–H groups in total. The van der Waals surface area contributed by atoms with Crippen LogP contribution in [0, 0.1) is 5.82 Å². The van der Waals surface area contributed by atoms with E-state index in [-0.39, 0.29) is 23.0 Å². The molecule has 5 nitrogen and oxygen atoms in total. The minimum absolute atomic E-state index is 0.0227. The lowest BCUT2D eigenvalue weighted by Crippen LogP contribution is -2.23. The number of hydrogen-bond donors (Lipinski definition) is 1. The SMILES string of the molecule is CNS(=O)(=O)C1=CC=C(c2ccc(F)c(Cl)c2)CC1=C1CCOC1=O. The van der Waals surface area contributed by atoms with Gasteiger partial charge in [-0.1, -0.05) is 23.7 Å².